The zero-order valence-electron chi connectivity index (χ0n) is 65.4. The number of fused-ring (bicyclic) bond motifs is 24. The van der Waals surface area contributed by atoms with Crippen molar-refractivity contribution in [2.75, 3.05) is 0 Å². The number of nitrogens with zero attached hydrogens (tertiary/aromatic N) is 4. The van der Waals surface area contributed by atoms with Gasteiger partial charge in [-0.05, 0) is 241 Å². The third kappa shape index (κ3) is 10.4. The molecule has 0 radical (unpaired) electrons. The van der Waals surface area contributed by atoms with Gasteiger partial charge in [0.25, 0.3) is 0 Å². The van der Waals surface area contributed by atoms with Crippen LogP contribution in [0.4, 0.5) is 0 Å². The van der Waals surface area contributed by atoms with Crippen molar-refractivity contribution in [3.63, 3.8) is 0 Å². The predicted octanol–water partition coefficient (Wildman–Crippen LogP) is 31.7. The van der Waals surface area contributed by atoms with Crippen LogP contribution in [0.25, 0.3) is 241 Å². The first kappa shape index (κ1) is 67.5. The van der Waals surface area contributed by atoms with Gasteiger partial charge in [-0.2, -0.15) is 0 Å². The van der Waals surface area contributed by atoms with Gasteiger partial charge < -0.3 is 18.3 Å². The first-order valence-electron chi connectivity index (χ1n) is 41.5. The van der Waals surface area contributed by atoms with Crippen LogP contribution in [0.5, 0.6) is 0 Å². The zero-order chi connectivity index (χ0) is 78.6. The Hall–Kier alpha value is -15.9. The third-order valence-corrected chi connectivity index (χ3v) is 25.8. The molecule has 26 aromatic rings. The summed E-state index contributed by atoms with van der Waals surface area (Å²) >= 11 is 0. The van der Waals surface area contributed by atoms with Crippen LogP contribution in [0, 0.1) is 0 Å². The lowest BCUT2D eigenvalue weighted by Crippen LogP contribution is -1.95. The van der Waals surface area contributed by atoms with Gasteiger partial charge in [0.2, 0.25) is 0 Å². The van der Waals surface area contributed by atoms with E-state index in [9.17, 15) is 0 Å². The Morgan fingerprint density at radius 1 is 0.117 bits per heavy atom. The fourth-order valence-corrected chi connectivity index (χ4v) is 20.3. The van der Waals surface area contributed by atoms with Crippen LogP contribution in [0.3, 0.4) is 0 Å². The van der Waals surface area contributed by atoms with Gasteiger partial charge >= 0.3 is 0 Å². The molecule has 22 aromatic carbocycles. The average Bonchev–Trinajstić information content (AvgIpc) is 1.52. The first-order valence-corrected chi connectivity index (χ1v) is 41.5. The summed E-state index contributed by atoms with van der Waals surface area (Å²) in [6.07, 6.45) is 0. The average molecular weight is 1520 g/mol. The van der Waals surface area contributed by atoms with E-state index in [-0.39, 0.29) is 0 Å². The standard InChI is InChI=1S/2C58H36N2/c1-3-18-43-38(14-1)27-30-47-45-20-5-6-21-46(45)50(36-51(43)47)41-16-11-17-42(33-41)59-55-24-9-7-22-48(55)52-34-39(28-31-57(52)59)40-29-32-58-53(35-40)49-23-8-10-25-56(49)60(58)54-26-12-15-37-13-2-4-19-44(37)54;1-3-15-43-38(13-1)26-31-47-45-17-5-6-18-46(45)50(36-51(43)47)39-24-29-42(30-25-39)59-55-21-9-7-19-48(55)52-34-40(27-32-57(52)59)41-28-33-58-53(35-41)49-20-8-10-22-56(49)60(58)54-23-11-14-37-12-2-4-16-44(37)54/h2*1-36H. The van der Waals surface area contributed by atoms with Crippen LogP contribution < -0.4 is 0 Å². The molecule has 0 saturated carbocycles. The van der Waals surface area contributed by atoms with Gasteiger partial charge in [-0.25, -0.2) is 0 Å². The zero-order valence-corrected chi connectivity index (χ0v) is 65.4. The van der Waals surface area contributed by atoms with Crippen LogP contribution in [0.15, 0.2) is 437 Å². The second-order valence-corrected chi connectivity index (χ2v) is 32.1. The summed E-state index contributed by atoms with van der Waals surface area (Å²) in [4.78, 5) is 0. The molecule has 0 spiro atoms. The Balaban J connectivity index is 0.000000133. The lowest BCUT2D eigenvalue weighted by Gasteiger charge is -2.15. The van der Waals surface area contributed by atoms with Crippen molar-refractivity contribution in [2.24, 2.45) is 0 Å². The minimum absolute atomic E-state index is 1.15. The summed E-state index contributed by atoms with van der Waals surface area (Å²) < 4.78 is 9.73. The van der Waals surface area contributed by atoms with Crippen molar-refractivity contribution in [3.05, 3.63) is 437 Å². The lowest BCUT2D eigenvalue weighted by atomic mass is 9.91. The van der Waals surface area contributed by atoms with Crippen LogP contribution in [-0.2, 0) is 0 Å². The maximum absolute atomic E-state index is 2.44. The fraction of sp³-hybridized carbons (Fsp3) is 0. The number of aromatic nitrogens is 4. The molecule has 0 saturated heterocycles. The highest BCUT2D eigenvalue weighted by Crippen LogP contribution is 2.46. The summed E-state index contributed by atoms with van der Waals surface area (Å²) in [5.41, 5.74) is 24.1. The molecule has 0 fully saturated rings. The molecule has 4 heterocycles. The normalized spacial score (nSPS) is 12.0. The summed E-state index contributed by atoms with van der Waals surface area (Å²) in [5.74, 6) is 0. The topological polar surface area (TPSA) is 19.7 Å². The van der Waals surface area contributed by atoms with Gasteiger partial charge in [-0.1, -0.05) is 315 Å². The Bertz CT molecular complexity index is 8790. The maximum Gasteiger partial charge on any atom is 0.0541 e. The van der Waals surface area contributed by atoms with Crippen molar-refractivity contribution >= 4 is 173 Å². The van der Waals surface area contributed by atoms with E-state index in [1.807, 2.05) is 0 Å². The molecule has 0 unspecified atom stereocenters. The Kier molecular flexibility index (Phi) is 15.1. The quantitative estimate of drug-likeness (QED) is 0.135. The Morgan fingerprint density at radius 3 is 0.817 bits per heavy atom. The molecule has 4 aromatic heterocycles. The number of benzene rings is 22. The van der Waals surface area contributed by atoms with Gasteiger partial charge in [0.05, 0.1) is 55.5 Å². The van der Waals surface area contributed by atoms with E-state index in [0.29, 0.717) is 0 Å². The second kappa shape index (κ2) is 26.9. The van der Waals surface area contributed by atoms with Crippen LogP contribution in [-0.4, -0.2) is 18.3 Å². The van der Waals surface area contributed by atoms with Crippen molar-refractivity contribution in [1.29, 1.82) is 0 Å². The van der Waals surface area contributed by atoms with Crippen molar-refractivity contribution < 1.29 is 0 Å². The molecule has 556 valence electrons. The van der Waals surface area contributed by atoms with Crippen molar-refractivity contribution in [3.8, 4) is 67.3 Å². The SMILES string of the molecule is c1cc(-c2cc3c4ccccc4ccc3c3ccccc23)cc(-n2c3ccccc3c3cc(-c4ccc5c(c4)c4ccccc4n5-c4cccc5ccccc45)ccc32)c1.c1ccc2c(-n3c4ccccc4c4cc(-c5ccc6c(c5)c5ccccc5n6-c5ccc(-c6cc7c8ccccc8ccc7c7ccccc67)cc5)ccc43)cccc2c1. The lowest BCUT2D eigenvalue weighted by molar-refractivity contribution is 1.18. The highest BCUT2D eigenvalue weighted by Gasteiger charge is 2.23. The largest absolute Gasteiger partial charge is 0.309 e. The molecule has 120 heavy (non-hydrogen) atoms. The van der Waals surface area contributed by atoms with E-state index in [4.69, 9.17) is 0 Å². The van der Waals surface area contributed by atoms with Gasteiger partial charge in [-0.15, -0.1) is 0 Å². The molecular formula is C116H72N4. The van der Waals surface area contributed by atoms with Crippen molar-refractivity contribution in [1.82, 2.24) is 18.3 Å². The van der Waals surface area contributed by atoms with Crippen LogP contribution in [0.2, 0.25) is 0 Å². The number of hydrogen-bond acceptors (Lipinski definition) is 0. The minimum atomic E-state index is 1.15. The molecular weight excluding hydrogens is 1450 g/mol. The summed E-state index contributed by atoms with van der Waals surface area (Å²) in [7, 11) is 0. The second-order valence-electron chi connectivity index (χ2n) is 32.1. The van der Waals surface area contributed by atoms with Crippen LogP contribution >= 0.6 is 0 Å². The highest BCUT2D eigenvalue weighted by atomic mass is 15.0. The van der Waals surface area contributed by atoms with E-state index >= 15 is 0 Å². The molecule has 0 aliphatic rings. The molecule has 0 atom stereocenters. The first-order chi connectivity index (χ1) is 59.5. The van der Waals surface area contributed by atoms with E-state index < -0.39 is 0 Å². The summed E-state index contributed by atoms with van der Waals surface area (Å²) in [5, 5.41) is 30.4. The molecule has 0 aliphatic heterocycles. The third-order valence-electron chi connectivity index (χ3n) is 25.8. The number of rotatable bonds is 8. The monoisotopic (exact) mass is 1520 g/mol. The number of para-hydroxylation sites is 4. The van der Waals surface area contributed by atoms with Gasteiger partial charge in [0.15, 0.2) is 0 Å². The van der Waals surface area contributed by atoms with E-state index in [0.717, 1.165) is 11.4 Å². The molecule has 0 bridgehead atoms. The predicted molar refractivity (Wildman–Crippen MR) is 512 cm³/mol. The molecule has 26 rings (SSSR count). The molecule has 0 N–H and O–H groups in total. The maximum atomic E-state index is 2.44. The molecule has 0 amide bonds. The van der Waals surface area contributed by atoms with Gasteiger partial charge in [0.1, 0.15) is 0 Å². The van der Waals surface area contributed by atoms with E-state index in [2.05, 4.69) is 455 Å². The van der Waals surface area contributed by atoms with E-state index in [1.165, 1.54) is 229 Å². The summed E-state index contributed by atoms with van der Waals surface area (Å²) in [6.45, 7) is 0. The van der Waals surface area contributed by atoms with E-state index in [1.54, 1.807) is 0 Å². The number of hydrogen-bond donors (Lipinski definition) is 0. The Morgan fingerprint density at radius 2 is 0.400 bits per heavy atom. The summed E-state index contributed by atoms with van der Waals surface area (Å²) in [6, 6.07) is 161. The Labute approximate surface area is 691 Å². The van der Waals surface area contributed by atoms with Crippen molar-refractivity contribution in [2.45, 2.75) is 0 Å². The molecule has 0 aliphatic carbocycles. The minimum Gasteiger partial charge on any atom is -0.309 e. The fourth-order valence-electron chi connectivity index (χ4n) is 20.3. The highest BCUT2D eigenvalue weighted by molar-refractivity contribution is 6.24. The van der Waals surface area contributed by atoms with Gasteiger partial charge in [-0.3, -0.25) is 0 Å². The smallest absolute Gasteiger partial charge is 0.0541 e. The van der Waals surface area contributed by atoms with Gasteiger partial charge in [0, 0.05) is 65.2 Å². The molecule has 4 nitrogen and oxygen atoms in total. The van der Waals surface area contributed by atoms with Crippen LogP contribution in [0.1, 0.15) is 0 Å². The molecule has 4 heteroatoms.